The molecule has 6 heteroatoms. The molecule has 0 saturated carbocycles. The largest absolute Gasteiger partial charge is 0.493 e. The molecule has 1 atom stereocenters. The van der Waals surface area contributed by atoms with E-state index in [1.807, 2.05) is 43.3 Å². The van der Waals surface area contributed by atoms with Crippen LogP contribution in [0.25, 0.3) is 0 Å². The Balaban J connectivity index is 1.99. The molecule has 0 saturated heterocycles. The summed E-state index contributed by atoms with van der Waals surface area (Å²) in [4.78, 5) is 25.3. The molecule has 0 aliphatic carbocycles. The number of carbonyl (C=O) groups excluding carboxylic acids is 2. The lowest BCUT2D eigenvalue weighted by Gasteiger charge is -2.25. The Bertz CT molecular complexity index is 819. The van der Waals surface area contributed by atoms with Gasteiger partial charge in [-0.15, -0.1) is 0 Å². The van der Waals surface area contributed by atoms with Crippen LogP contribution >= 0.6 is 0 Å². The maximum absolute atomic E-state index is 12.7. The summed E-state index contributed by atoms with van der Waals surface area (Å²) in [7, 11) is 3.12. The molecule has 2 N–H and O–H groups in total. The van der Waals surface area contributed by atoms with Crippen LogP contribution < -0.4 is 20.1 Å². The van der Waals surface area contributed by atoms with Crippen molar-refractivity contribution in [2.24, 2.45) is 5.41 Å². The normalized spacial score (nSPS) is 12.0. The molecular formula is C22H28N2O4. The van der Waals surface area contributed by atoms with E-state index in [-0.39, 0.29) is 24.4 Å². The first-order chi connectivity index (χ1) is 13.3. The fourth-order valence-corrected chi connectivity index (χ4v) is 2.70. The van der Waals surface area contributed by atoms with Crippen LogP contribution in [0, 0.1) is 5.41 Å². The first-order valence-electron chi connectivity index (χ1n) is 9.14. The zero-order valence-corrected chi connectivity index (χ0v) is 17.0. The van der Waals surface area contributed by atoms with Crippen LogP contribution in [0.1, 0.15) is 37.9 Å². The van der Waals surface area contributed by atoms with E-state index in [1.54, 1.807) is 40.2 Å². The maximum Gasteiger partial charge on any atom is 0.235 e. The van der Waals surface area contributed by atoms with Gasteiger partial charge >= 0.3 is 0 Å². The van der Waals surface area contributed by atoms with Crippen LogP contribution in [0.4, 0.5) is 0 Å². The molecule has 1 unspecified atom stereocenters. The molecule has 6 nitrogen and oxygen atoms in total. The van der Waals surface area contributed by atoms with E-state index < -0.39 is 5.41 Å². The minimum absolute atomic E-state index is 0.188. The van der Waals surface area contributed by atoms with Gasteiger partial charge in [0.1, 0.15) is 5.41 Å². The first kappa shape index (κ1) is 21.3. The third-order valence-corrected chi connectivity index (χ3v) is 4.68. The highest BCUT2D eigenvalue weighted by atomic mass is 16.5. The smallest absolute Gasteiger partial charge is 0.235 e. The van der Waals surface area contributed by atoms with E-state index in [1.165, 1.54) is 0 Å². The van der Waals surface area contributed by atoms with Crippen LogP contribution in [0.3, 0.4) is 0 Å². The van der Waals surface area contributed by atoms with Crippen LogP contribution in [0.5, 0.6) is 11.5 Å². The van der Waals surface area contributed by atoms with Crippen LogP contribution in [0.15, 0.2) is 48.5 Å². The Morgan fingerprint density at radius 3 is 2.21 bits per heavy atom. The van der Waals surface area contributed by atoms with Gasteiger partial charge in [0.2, 0.25) is 11.8 Å². The van der Waals surface area contributed by atoms with E-state index in [0.717, 1.165) is 11.1 Å². The van der Waals surface area contributed by atoms with Crippen LogP contribution in [-0.2, 0) is 16.1 Å². The van der Waals surface area contributed by atoms with E-state index in [9.17, 15) is 9.59 Å². The van der Waals surface area contributed by atoms with Crippen LogP contribution in [-0.4, -0.2) is 26.0 Å². The average Bonchev–Trinajstić information content (AvgIpc) is 2.72. The zero-order chi connectivity index (χ0) is 20.7. The summed E-state index contributed by atoms with van der Waals surface area (Å²) in [6.45, 7) is 5.41. The van der Waals surface area contributed by atoms with Gasteiger partial charge in [-0.3, -0.25) is 9.59 Å². The van der Waals surface area contributed by atoms with Crippen molar-refractivity contribution in [3.05, 3.63) is 59.7 Å². The highest BCUT2D eigenvalue weighted by Crippen LogP contribution is 2.27. The molecule has 2 rings (SSSR count). The van der Waals surface area contributed by atoms with Crippen molar-refractivity contribution < 1.29 is 19.1 Å². The van der Waals surface area contributed by atoms with Gasteiger partial charge in [0.25, 0.3) is 0 Å². The Hall–Kier alpha value is -3.02. The van der Waals surface area contributed by atoms with Crippen molar-refractivity contribution in [3.8, 4) is 11.5 Å². The number of carbonyl (C=O) groups is 2. The molecule has 150 valence electrons. The van der Waals surface area contributed by atoms with Gasteiger partial charge in [0.05, 0.1) is 20.3 Å². The zero-order valence-electron chi connectivity index (χ0n) is 17.0. The van der Waals surface area contributed by atoms with Gasteiger partial charge in [-0.1, -0.05) is 36.4 Å². The predicted octanol–water partition coefficient (Wildman–Crippen LogP) is 3.22. The second-order valence-electron chi connectivity index (χ2n) is 7.10. The highest BCUT2D eigenvalue weighted by molar-refractivity contribution is 6.04. The third kappa shape index (κ3) is 5.03. The molecule has 0 radical (unpaired) electrons. The summed E-state index contributed by atoms with van der Waals surface area (Å²) in [6, 6.07) is 14.9. The number of rotatable bonds is 8. The molecule has 0 heterocycles. The quantitative estimate of drug-likeness (QED) is 0.685. The Morgan fingerprint density at radius 1 is 0.964 bits per heavy atom. The standard InChI is InChI=1S/C22H28N2O4/c1-15(17-9-7-6-8-10-17)24-21(26)22(2,3)20(25)23-14-16-11-12-18(27-4)19(13-16)28-5/h6-13,15H,14H2,1-5H3,(H,23,25)(H,24,26). The second-order valence-corrected chi connectivity index (χ2v) is 7.10. The van der Waals surface area contributed by atoms with E-state index in [4.69, 9.17) is 9.47 Å². The summed E-state index contributed by atoms with van der Waals surface area (Å²) < 4.78 is 10.5. The lowest BCUT2D eigenvalue weighted by Crippen LogP contribution is -2.48. The highest BCUT2D eigenvalue weighted by Gasteiger charge is 2.36. The van der Waals surface area contributed by atoms with Gasteiger partial charge in [-0.2, -0.15) is 0 Å². The first-order valence-corrected chi connectivity index (χ1v) is 9.14. The van der Waals surface area contributed by atoms with Crippen molar-refractivity contribution in [1.29, 1.82) is 0 Å². The summed E-state index contributed by atoms with van der Waals surface area (Å²) >= 11 is 0. The molecule has 0 aliphatic heterocycles. The summed E-state index contributed by atoms with van der Waals surface area (Å²) in [5.74, 6) is 0.531. The Morgan fingerprint density at radius 2 is 1.61 bits per heavy atom. The minimum Gasteiger partial charge on any atom is -0.493 e. The number of hydrogen-bond donors (Lipinski definition) is 2. The minimum atomic E-state index is -1.21. The van der Waals surface area contributed by atoms with E-state index >= 15 is 0 Å². The fourth-order valence-electron chi connectivity index (χ4n) is 2.70. The molecule has 28 heavy (non-hydrogen) atoms. The monoisotopic (exact) mass is 384 g/mol. The number of amides is 2. The number of hydrogen-bond acceptors (Lipinski definition) is 4. The molecule has 0 spiro atoms. The van der Waals surface area contributed by atoms with Gasteiger partial charge in [-0.05, 0) is 44.0 Å². The van der Waals surface area contributed by atoms with E-state index in [0.29, 0.717) is 11.5 Å². The average molecular weight is 384 g/mol. The third-order valence-electron chi connectivity index (χ3n) is 4.68. The lowest BCUT2D eigenvalue weighted by molar-refractivity contribution is -0.141. The lowest BCUT2D eigenvalue weighted by atomic mass is 9.90. The molecule has 0 fully saturated rings. The van der Waals surface area contributed by atoms with Crippen LogP contribution in [0.2, 0.25) is 0 Å². The number of nitrogens with one attached hydrogen (secondary N) is 2. The Kier molecular flexibility index (Phi) is 7.04. The fraction of sp³-hybridized carbons (Fsp3) is 0.364. The molecule has 0 aliphatic rings. The number of ether oxygens (including phenoxy) is 2. The summed E-state index contributed by atoms with van der Waals surface area (Å²) in [5.41, 5.74) is 0.622. The SMILES string of the molecule is COc1ccc(CNC(=O)C(C)(C)C(=O)NC(C)c2ccccc2)cc1OC. The van der Waals surface area contributed by atoms with Crippen molar-refractivity contribution in [2.45, 2.75) is 33.4 Å². The molecule has 2 aromatic rings. The van der Waals surface area contributed by atoms with Crippen molar-refractivity contribution in [3.63, 3.8) is 0 Å². The predicted molar refractivity (Wildman–Crippen MR) is 108 cm³/mol. The summed E-state index contributed by atoms with van der Waals surface area (Å²) in [6.07, 6.45) is 0. The topological polar surface area (TPSA) is 76.7 Å². The van der Waals surface area contributed by atoms with Gasteiger partial charge in [0, 0.05) is 6.54 Å². The maximum atomic E-state index is 12.7. The number of methoxy groups -OCH3 is 2. The van der Waals surface area contributed by atoms with Gasteiger partial charge in [0.15, 0.2) is 11.5 Å². The second kappa shape index (κ2) is 9.26. The molecule has 2 aromatic carbocycles. The number of benzene rings is 2. The van der Waals surface area contributed by atoms with Crippen molar-refractivity contribution >= 4 is 11.8 Å². The summed E-state index contributed by atoms with van der Waals surface area (Å²) in [5, 5.41) is 5.74. The molecule has 0 bridgehead atoms. The molecule has 2 amide bonds. The Labute approximate surface area is 166 Å². The van der Waals surface area contributed by atoms with Gasteiger partial charge in [-0.25, -0.2) is 0 Å². The van der Waals surface area contributed by atoms with E-state index in [2.05, 4.69) is 10.6 Å². The van der Waals surface area contributed by atoms with Crippen molar-refractivity contribution in [1.82, 2.24) is 10.6 Å². The van der Waals surface area contributed by atoms with Crippen molar-refractivity contribution in [2.75, 3.05) is 14.2 Å². The molecule has 0 aromatic heterocycles. The molecular weight excluding hydrogens is 356 g/mol. The van der Waals surface area contributed by atoms with Gasteiger partial charge < -0.3 is 20.1 Å².